The van der Waals surface area contributed by atoms with Gasteiger partial charge in [-0.1, -0.05) is 30.3 Å². The molecule has 2 aromatic carbocycles. The largest absolute Gasteiger partial charge is 0.493 e. The number of hydrogen-bond acceptors (Lipinski definition) is 5. The Kier molecular flexibility index (Phi) is 7.42. The van der Waals surface area contributed by atoms with Gasteiger partial charge in [0, 0.05) is 23.6 Å². The van der Waals surface area contributed by atoms with E-state index in [0.29, 0.717) is 23.7 Å². The number of hydrogen-bond donors (Lipinski definition) is 0. The zero-order valence-electron chi connectivity index (χ0n) is 17.2. The zero-order chi connectivity index (χ0) is 20.6. The van der Waals surface area contributed by atoms with Crippen LogP contribution in [0.5, 0.6) is 11.5 Å². The Morgan fingerprint density at radius 3 is 2.38 bits per heavy atom. The van der Waals surface area contributed by atoms with Crippen molar-refractivity contribution in [3.63, 3.8) is 0 Å². The zero-order valence-corrected chi connectivity index (χ0v) is 17.2. The highest BCUT2D eigenvalue weighted by atomic mass is 16.5. The van der Waals surface area contributed by atoms with Gasteiger partial charge in [-0.15, -0.1) is 0 Å². The van der Waals surface area contributed by atoms with E-state index in [0.717, 1.165) is 44.5 Å². The second kappa shape index (κ2) is 10.2. The number of benzene rings is 2. The van der Waals surface area contributed by atoms with Crippen LogP contribution >= 0.6 is 0 Å². The van der Waals surface area contributed by atoms with Crippen LogP contribution in [0.3, 0.4) is 0 Å². The molecule has 1 fully saturated rings. The van der Waals surface area contributed by atoms with Crippen LogP contribution in [0.4, 0.5) is 0 Å². The normalized spacial score (nSPS) is 15.1. The first-order valence-corrected chi connectivity index (χ1v) is 10.2. The third kappa shape index (κ3) is 5.67. The molecule has 154 valence electrons. The summed E-state index contributed by atoms with van der Waals surface area (Å²) in [5.74, 6) is 1.65. The SMILES string of the molecule is COc1cc(C(C)=O)ccc1OCCCN1CCC(C(=O)c2ccccc2)CC1. The summed E-state index contributed by atoms with van der Waals surface area (Å²) in [7, 11) is 1.58. The van der Waals surface area contributed by atoms with Crippen molar-refractivity contribution in [2.45, 2.75) is 26.2 Å². The third-order valence-electron chi connectivity index (χ3n) is 5.46. The molecule has 0 radical (unpaired) electrons. The highest BCUT2D eigenvalue weighted by molar-refractivity contribution is 5.97. The van der Waals surface area contributed by atoms with Gasteiger partial charge >= 0.3 is 0 Å². The van der Waals surface area contributed by atoms with Gasteiger partial charge in [0.25, 0.3) is 0 Å². The van der Waals surface area contributed by atoms with Gasteiger partial charge in [0.2, 0.25) is 0 Å². The van der Waals surface area contributed by atoms with Crippen molar-refractivity contribution in [1.29, 1.82) is 0 Å². The van der Waals surface area contributed by atoms with Crippen LogP contribution in [0.15, 0.2) is 48.5 Å². The maximum absolute atomic E-state index is 12.6. The first-order valence-electron chi connectivity index (χ1n) is 10.2. The molecule has 1 aliphatic rings. The fraction of sp³-hybridized carbons (Fsp3) is 0.417. The minimum absolute atomic E-state index is 0.00370. The Labute approximate surface area is 172 Å². The smallest absolute Gasteiger partial charge is 0.166 e. The molecule has 0 spiro atoms. The van der Waals surface area contributed by atoms with E-state index in [1.807, 2.05) is 30.3 Å². The summed E-state index contributed by atoms with van der Waals surface area (Å²) in [5.41, 5.74) is 1.44. The summed E-state index contributed by atoms with van der Waals surface area (Å²) in [6, 6.07) is 14.9. The number of rotatable bonds is 9. The van der Waals surface area contributed by atoms with Crippen LogP contribution in [-0.2, 0) is 0 Å². The molecule has 0 atom stereocenters. The number of nitrogens with zero attached hydrogens (tertiary/aromatic N) is 1. The minimum atomic E-state index is 0.00370. The second-order valence-electron chi connectivity index (χ2n) is 7.47. The first-order chi connectivity index (χ1) is 14.1. The summed E-state index contributed by atoms with van der Waals surface area (Å²) >= 11 is 0. The summed E-state index contributed by atoms with van der Waals surface area (Å²) < 4.78 is 11.2. The fourth-order valence-corrected chi connectivity index (χ4v) is 3.73. The standard InChI is InChI=1S/C24H29NO4/c1-18(26)21-9-10-22(23(17-21)28-2)29-16-6-13-25-14-11-20(12-15-25)24(27)19-7-4-3-5-8-19/h3-5,7-10,17,20H,6,11-16H2,1-2H3. The highest BCUT2D eigenvalue weighted by Crippen LogP contribution is 2.28. The molecule has 0 N–H and O–H groups in total. The number of ketones is 2. The summed E-state index contributed by atoms with van der Waals surface area (Å²) in [6.45, 7) is 4.95. The van der Waals surface area contributed by atoms with Crippen molar-refractivity contribution < 1.29 is 19.1 Å². The van der Waals surface area contributed by atoms with Crippen LogP contribution in [0, 0.1) is 5.92 Å². The molecule has 5 nitrogen and oxygen atoms in total. The maximum Gasteiger partial charge on any atom is 0.166 e. The van der Waals surface area contributed by atoms with E-state index in [4.69, 9.17) is 9.47 Å². The van der Waals surface area contributed by atoms with Gasteiger partial charge in [-0.25, -0.2) is 0 Å². The molecule has 1 aliphatic heterocycles. The van der Waals surface area contributed by atoms with E-state index in [-0.39, 0.29) is 17.5 Å². The predicted molar refractivity (Wildman–Crippen MR) is 113 cm³/mol. The number of ether oxygens (including phenoxy) is 2. The lowest BCUT2D eigenvalue weighted by molar-refractivity contribution is 0.0835. The van der Waals surface area contributed by atoms with Crippen molar-refractivity contribution in [3.05, 3.63) is 59.7 Å². The van der Waals surface area contributed by atoms with Gasteiger partial charge in [-0.05, 0) is 57.5 Å². The predicted octanol–water partition coefficient (Wildman–Crippen LogP) is 4.26. The number of carbonyl (C=O) groups is 2. The van der Waals surface area contributed by atoms with Gasteiger partial charge in [0.1, 0.15) is 0 Å². The van der Waals surface area contributed by atoms with E-state index >= 15 is 0 Å². The van der Waals surface area contributed by atoms with Gasteiger partial charge in [0.15, 0.2) is 23.1 Å². The van der Waals surface area contributed by atoms with E-state index in [9.17, 15) is 9.59 Å². The maximum atomic E-state index is 12.6. The van der Waals surface area contributed by atoms with Crippen LogP contribution in [-0.4, -0.2) is 49.8 Å². The van der Waals surface area contributed by atoms with E-state index in [2.05, 4.69) is 4.90 Å². The van der Waals surface area contributed by atoms with Gasteiger partial charge in [0.05, 0.1) is 13.7 Å². The highest BCUT2D eigenvalue weighted by Gasteiger charge is 2.25. The summed E-state index contributed by atoms with van der Waals surface area (Å²) in [6.07, 6.45) is 2.72. The average Bonchev–Trinajstić information content (AvgIpc) is 2.77. The molecule has 0 saturated carbocycles. The average molecular weight is 395 g/mol. The second-order valence-corrected chi connectivity index (χ2v) is 7.47. The lowest BCUT2D eigenvalue weighted by Gasteiger charge is -2.31. The number of methoxy groups -OCH3 is 1. The Morgan fingerprint density at radius 1 is 1.00 bits per heavy atom. The van der Waals surface area contributed by atoms with Crippen molar-refractivity contribution in [2.24, 2.45) is 5.92 Å². The topological polar surface area (TPSA) is 55.8 Å². The molecule has 29 heavy (non-hydrogen) atoms. The molecule has 0 aliphatic carbocycles. The molecule has 0 aromatic heterocycles. The molecule has 1 saturated heterocycles. The number of likely N-dealkylation sites (tertiary alicyclic amines) is 1. The Morgan fingerprint density at radius 2 is 1.72 bits per heavy atom. The molecule has 0 bridgehead atoms. The lowest BCUT2D eigenvalue weighted by atomic mass is 9.89. The Balaban J connectivity index is 1.40. The molecule has 1 heterocycles. The van der Waals surface area contributed by atoms with Gasteiger partial charge in [-0.3, -0.25) is 9.59 Å². The van der Waals surface area contributed by atoms with E-state index < -0.39 is 0 Å². The van der Waals surface area contributed by atoms with Crippen LogP contribution < -0.4 is 9.47 Å². The summed E-state index contributed by atoms with van der Waals surface area (Å²) in [4.78, 5) is 26.5. The molecule has 0 amide bonds. The quantitative estimate of drug-likeness (QED) is 0.469. The Hall–Kier alpha value is -2.66. The lowest BCUT2D eigenvalue weighted by Crippen LogP contribution is -2.37. The molecular weight excluding hydrogens is 366 g/mol. The summed E-state index contributed by atoms with van der Waals surface area (Å²) in [5, 5.41) is 0. The van der Waals surface area contributed by atoms with E-state index in [1.165, 1.54) is 6.92 Å². The Bertz CT molecular complexity index is 826. The monoisotopic (exact) mass is 395 g/mol. The van der Waals surface area contributed by atoms with Crippen molar-refractivity contribution >= 4 is 11.6 Å². The van der Waals surface area contributed by atoms with E-state index in [1.54, 1.807) is 25.3 Å². The molecule has 0 unspecified atom stereocenters. The molecule has 3 rings (SSSR count). The van der Waals surface area contributed by atoms with Gasteiger partial charge < -0.3 is 14.4 Å². The van der Waals surface area contributed by atoms with Crippen molar-refractivity contribution in [3.8, 4) is 11.5 Å². The third-order valence-corrected chi connectivity index (χ3v) is 5.46. The molecular formula is C24H29NO4. The van der Waals surface area contributed by atoms with Gasteiger partial charge in [-0.2, -0.15) is 0 Å². The molecule has 5 heteroatoms. The van der Waals surface area contributed by atoms with Crippen LogP contribution in [0.1, 0.15) is 46.9 Å². The fourth-order valence-electron chi connectivity index (χ4n) is 3.73. The van der Waals surface area contributed by atoms with Crippen molar-refractivity contribution in [1.82, 2.24) is 4.90 Å². The number of piperidine rings is 1. The first kappa shape index (κ1) is 21.1. The molecule has 2 aromatic rings. The number of carbonyl (C=O) groups excluding carboxylic acids is 2. The number of Topliss-reactive ketones (excluding diaryl/α,β-unsaturated/α-hetero) is 2. The van der Waals surface area contributed by atoms with Crippen molar-refractivity contribution in [2.75, 3.05) is 33.4 Å². The van der Waals surface area contributed by atoms with Crippen LogP contribution in [0.25, 0.3) is 0 Å². The minimum Gasteiger partial charge on any atom is -0.493 e. The van der Waals surface area contributed by atoms with Crippen LogP contribution in [0.2, 0.25) is 0 Å².